The number of carbonyl (C=O) groups excluding carboxylic acids is 2. The lowest BCUT2D eigenvalue weighted by Gasteiger charge is -2.32. The van der Waals surface area contributed by atoms with Crippen LogP contribution < -0.4 is 5.32 Å². The van der Waals surface area contributed by atoms with Crippen LogP contribution in [0, 0.1) is 12.8 Å². The number of H-pyrrole nitrogens is 1. The van der Waals surface area contributed by atoms with Crippen molar-refractivity contribution in [2.45, 2.75) is 19.8 Å². The normalized spacial score (nSPS) is 17.1. The number of aromatic nitrogens is 3. The van der Waals surface area contributed by atoms with E-state index in [0.717, 1.165) is 29.4 Å². The highest BCUT2D eigenvalue weighted by atomic mass is 16.2. The van der Waals surface area contributed by atoms with Crippen LogP contribution in [0.25, 0.3) is 11.0 Å². The van der Waals surface area contributed by atoms with Gasteiger partial charge in [0.2, 0.25) is 5.91 Å². The van der Waals surface area contributed by atoms with E-state index < -0.39 is 0 Å². The van der Waals surface area contributed by atoms with Gasteiger partial charge in [0.05, 0.1) is 23.3 Å². The van der Waals surface area contributed by atoms with E-state index in [2.05, 4.69) is 20.3 Å². The SMILES string of the molecule is Cc1ccc(NC(=O)[C@@H]2CCCN(C(=O)c3ccc4nc[nH]c4c3)C2)nc1. The Bertz CT molecular complexity index is 979. The molecule has 0 radical (unpaired) electrons. The fourth-order valence-corrected chi connectivity index (χ4v) is 3.40. The number of fused-ring (bicyclic) bond motifs is 1. The quantitative estimate of drug-likeness (QED) is 0.749. The Labute approximate surface area is 156 Å². The van der Waals surface area contributed by atoms with E-state index in [9.17, 15) is 9.59 Å². The molecule has 2 amide bonds. The number of carbonyl (C=O) groups is 2. The Morgan fingerprint density at radius 3 is 2.93 bits per heavy atom. The molecule has 27 heavy (non-hydrogen) atoms. The third-order valence-electron chi connectivity index (χ3n) is 4.91. The number of rotatable bonds is 3. The lowest BCUT2D eigenvalue weighted by molar-refractivity contribution is -0.121. The highest BCUT2D eigenvalue weighted by Gasteiger charge is 2.29. The number of amides is 2. The van der Waals surface area contributed by atoms with Crippen LogP contribution in [0.15, 0.2) is 42.9 Å². The van der Waals surface area contributed by atoms with Crippen molar-refractivity contribution < 1.29 is 9.59 Å². The van der Waals surface area contributed by atoms with Crippen molar-refractivity contribution >= 4 is 28.7 Å². The van der Waals surface area contributed by atoms with E-state index in [4.69, 9.17) is 0 Å². The highest BCUT2D eigenvalue weighted by Crippen LogP contribution is 2.21. The first-order valence-electron chi connectivity index (χ1n) is 9.06. The summed E-state index contributed by atoms with van der Waals surface area (Å²) in [6, 6.07) is 9.12. The van der Waals surface area contributed by atoms with Crippen LogP contribution in [0.3, 0.4) is 0 Å². The minimum Gasteiger partial charge on any atom is -0.345 e. The summed E-state index contributed by atoms with van der Waals surface area (Å²) in [7, 11) is 0. The van der Waals surface area contributed by atoms with Gasteiger partial charge < -0.3 is 15.2 Å². The van der Waals surface area contributed by atoms with Crippen LogP contribution in [0.2, 0.25) is 0 Å². The maximum Gasteiger partial charge on any atom is 0.253 e. The first kappa shape index (κ1) is 17.2. The van der Waals surface area contributed by atoms with E-state index in [0.29, 0.717) is 24.5 Å². The Hall–Kier alpha value is -3.22. The molecule has 0 spiro atoms. The molecule has 1 aliphatic rings. The highest BCUT2D eigenvalue weighted by molar-refractivity contribution is 5.98. The summed E-state index contributed by atoms with van der Waals surface area (Å²) < 4.78 is 0. The summed E-state index contributed by atoms with van der Waals surface area (Å²) >= 11 is 0. The van der Waals surface area contributed by atoms with Crippen LogP contribution >= 0.6 is 0 Å². The van der Waals surface area contributed by atoms with Gasteiger partial charge in [-0.15, -0.1) is 0 Å². The predicted octanol–water partition coefficient (Wildman–Crippen LogP) is 2.76. The molecule has 3 aromatic rings. The summed E-state index contributed by atoms with van der Waals surface area (Å²) in [5, 5.41) is 2.86. The maximum absolute atomic E-state index is 12.9. The van der Waals surface area contributed by atoms with Gasteiger partial charge in [0, 0.05) is 24.8 Å². The second-order valence-electron chi connectivity index (χ2n) is 6.93. The van der Waals surface area contributed by atoms with Crippen molar-refractivity contribution in [1.29, 1.82) is 0 Å². The molecule has 4 rings (SSSR count). The standard InChI is InChI=1S/C20H21N5O2/c1-13-4-7-18(21-10-13)24-19(26)15-3-2-8-25(11-15)20(27)14-5-6-16-17(9-14)23-12-22-16/h4-7,9-10,12,15H,2-3,8,11H2,1H3,(H,22,23)(H,21,24,26)/t15-/m1/s1. The lowest BCUT2D eigenvalue weighted by Crippen LogP contribution is -2.43. The third-order valence-corrected chi connectivity index (χ3v) is 4.91. The summed E-state index contributed by atoms with van der Waals surface area (Å²) in [4.78, 5) is 38.6. The molecule has 1 aromatic carbocycles. The molecule has 1 atom stereocenters. The van der Waals surface area contributed by atoms with E-state index in [-0.39, 0.29) is 17.7 Å². The van der Waals surface area contributed by atoms with Gasteiger partial charge in [-0.3, -0.25) is 9.59 Å². The van der Waals surface area contributed by atoms with Crippen molar-refractivity contribution in [3.8, 4) is 0 Å². The number of hydrogen-bond donors (Lipinski definition) is 2. The second-order valence-corrected chi connectivity index (χ2v) is 6.93. The second kappa shape index (κ2) is 7.19. The maximum atomic E-state index is 12.9. The molecule has 1 fully saturated rings. The summed E-state index contributed by atoms with van der Waals surface area (Å²) in [6.07, 6.45) is 4.90. The van der Waals surface area contributed by atoms with Crippen molar-refractivity contribution in [2.24, 2.45) is 5.92 Å². The number of nitrogens with zero attached hydrogens (tertiary/aromatic N) is 3. The van der Waals surface area contributed by atoms with Gasteiger partial charge in [0.25, 0.3) is 5.91 Å². The number of aromatic amines is 1. The average Bonchev–Trinajstić information content (AvgIpc) is 3.17. The van der Waals surface area contributed by atoms with Crippen LogP contribution in [0.1, 0.15) is 28.8 Å². The van der Waals surface area contributed by atoms with Crippen molar-refractivity contribution in [2.75, 3.05) is 18.4 Å². The number of piperidine rings is 1. The zero-order chi connectivity index (χ0) is 18.8. The van der Waals surface area contributed by atoms with Gasteiger partial charge in [0.1, 0.15) is 5.82 Å². The smallest absolute Gasteiger partial charge is 0.253 e. The Balaban J connectivity index is 1.44. The van der Waals surface area contributed by atoms with Gasteiger partial charge in [0.15, 0.2) is 0 Å². The number of benzene rings is 1. The molecule has 2 aromatic heterocycles. The fraction of sp³-hybridized carbons (Fsp3) is 0.300. The number of nitrogens with one attached hydrogen (secondary N) is 2. The first-order valence-corrected chi connectivity index (χ1v) is 9.06. The fourth-order valence-electron chi connectivity index (χ4n) is 3.40. The Kier molecular flexibility index (Phi) is 4.58. The molecule has 0 bridgehead atoms. The molecular weight excluding hydrogens is 342 g/mol. The summed E-state index contributed by atoms with van der Waals surface area (Å²) in [5.41, 5.74) is 3.30. The number of pyridine rings is 1. The predicted molar refractivity (Wildman–Crippen MR) is 102 cm³/mol. The van der Waals surface area contributed by atoms with Crippen LogP contribution in [0.4, 0.5) is 5.82 Å². The summed E-state index contributed by atoms with van der Waals surface area (Å²) in [5.74, 6) is 0.158. The van der Waals surface area contributed by atoms with Gasteiger partial charge >= 0.3 is 0 Å². The Morgan fingerprint density at radius 2 is 2.11 bits per heavy atom. The van der Waals surface area contributed by atoms with Gasteiger partial charge in [-0.05, 0) is 49.6 Å². The van der Waals surface area contributed by atoms with Crippen molar-refractivity contribution in [3.05, 3.63) is 54.0 Å². The molecule has 0 aliphatic carbocycles. The van der Waals surface area contributed by atoms with Gasteiger partial charge in [-0.25, -0.2) is 9.97 Å². The number of hydrogen-bond acceptors (Lipinski definition) is 4. The van der Waals surface area contributed by atoms with E-state index >= 15 is 0 Å². The number of likely N-dealkylation sites (tertiary alicyclic amines) is 1. The first-order chi connectivity index (χ1) is 13.1. The summed E-state index contributed by atoms with van der Waals surface area (Å²) in [6.45, 7) is 3.02. The number of aryl methyl sites for hydroxylation is 1. The van der Waals surface area contributed by atoms with E-state index in [1.54, 1.807) is 29.6 Å². The van der Waals surface area contributed by atoms with Gasteiger partial charge in [-0.2, -0.15) is 0 Å². The molecule has 2 N–H and O–H groups in total. The van der Waals surface area contributed by atoms with Crippen molar-refractivity contribution in [3.63, 3.8) is 0 Å². The number of anilines is 1. The molecule has 0 saturated carbocycles. The molecular formula is C20H21N5O2. The molecule has 138 valence electrons. The van der Waals surface area contributed by atoms with E-state index in [1.807, 2.05) is 25.1 Å². The molecule has 0 unspecified atom stereocenters. The van der Waals surface area contributed by atoms with Crippen molar-refractivity contribution in [1.82, 2.24) is 19.9 Å². The molecule has 7 nitrogen and oxygen atoms in total. The monoisotopic (exact) mass is 363 g/mol. The van der Waals surface area contributed by atoms with E-state index in [1.165, 1.54) is 0 Å². The largest absolute Gasteiger partial charge is 0.345 e. The van der Waals surface area contributed by atoms with Gasteiger partial charge in [-0.1, -0.05) is 6.07 Å². The number of imidazole rings is 1. The minimum absolute atomic E-state index is 0.0579. The molecule has 1 saturated heterocycles. The average molecular weight is 363 g/mol. The zero-order valence-electron chi connectivity index (χ0n) is 15.1. The zero-order valence-corrected chi connectivity index (χ0v) is 15.1. The lowest BCUT2D eigenvalue weighted by atomic mass is 9.96. The molecule has 1 aliphatic heterocycles. The third kappa shape index (κ3) is 3.67. The van der Waals surface area contributed by atoms with Crippen LogP contribution in [-0.2, 0) is 4.79 Å². The minimum atomic E-state index is -0.235. The molecule has 7 heteroatoms. The topological polar surface area (TPSA) is 91.0 Å². The van der Waals surface area contributed by atoms with Crippen LogP contribution in [0.5, 0.6) is 0 Å². The Morgan fingerprint density at radius 1 is 1.22 bits per heavy atom. The molecule has 3 heterocycles. The van der Waals surface area contributed by atoms with Crippen LogP contribution in [-0.4, -0.2) is 44.8 Å².